The lowest BCUT2D eigenvalue weighted by Crippen LogP contribution is -2.37. The third kappa shape index (κ3) is 1.96. The van der Waals surface area contributed by atoms with Gasteiger partial charge in [-0.15, -0.1) is 0 Å². The predicted octanol–water partition coefficient (Wildman–Crippen LogP) is 0.883. The van der Waals surface area contributed by atoms with E-state index in [9.17, 15) is 4.79 Å². The van der Waals surface area contributed by atoms with Crippen LogP contribution in [0.1, 0.15) is 23.7 Å². The van der Waals surface area contributed by atoms with E-state index in [1.54, 1.807) is 11.4 Å². The molecule has 0 amide bonds. The molecule has 2 saturated heterocycles. The van der Waals surface area contributed by atoms with E-state index in [0.29, 0.717) is 30.0 Å². The second-order valence-electron chi connectivity index (χ2n) is 5.33. The van der Waals surface area contributed by atoms with Gasteiger partial charge < -0.3 is 14.4 Å². The standard InChI is InChI=1S/C14H16N4O3/c1-2-20-14(19)11-6-15-18-4-3-12(16-13(11)18)17-7-10-5-9(17)8-21-10/h3-4,6,9-10H,2,5,7-8H2,1H3. The van der Waals surface area contributed by atoms with Crippen molar-refractivity contribution >= 4 is 17.4 Å². The van der Waals surface area contributed by atoms with Crippen LogP contribution in [0.2, 0.25) is 0 Å². The van der Waals surface area contributed by atoms with Crippen molar-refractivity contribution in [1.82, 2.24) is 14.6 Å². The third-order valence-electron chi connectivity index (χ3n) is 4.04. The first-order valence-corrected chi connectivity index (χ1v) is 7.16. The number of hydrogen-bond donors (Lipinski definition) is 0. The van der Waals surface area contributed by atoms with Gasteiger partial charge in [-0.3, -0.25) is 0 Å². The number of carbonyl (C=O) groups excluding carboxylic acids is 1. The van der Waals surface area contributed by atoms with Gasteiger partial charge in [0.05, 0.1) is 31.6 Å². The van der Waals surface area contributed by atoms with E-state index in [2.05, 4.69) is 15.0 Å². The number of fused-ring (bicyclic) bond motifs is 3. The zero-order valence-corrected chi connectivity index (χ0v) is 11.7. The number of carbonyl (C=O) groups is 1. The lowest BCUT2D eigenvalue weighted by Gasteiger charge is -2.27. The van der Waals surface area contributed by atoms with Crippen molar-refractivity contribution in [2.24, 2.45) is 0 Å². The summed E-state index contributed by atoms with van der Waals surface area (Å²) in [5.74, 6) is 0.479. The molecule has 2 aliphatic rings. The van der Waals surface area contributed by atoms with Crippen LogP contribution in [-0.4, -0.2) is 52.5 Å². The minimum Gasteiger partial charge on any atom is -0.462 e. The Balaban J connectivity index is 1.71. The number of rotatable bonds is 3. The average Bonchev–Trinajstić information content (AvgIpc) is 3.21. The molecule has 110 valence electrons. The Bertz CT molecular complexity index is 699. The van der Waals surface area contributed by atoms with E-state index < -0.39 is 0 Å². The van der Waals surface area contributed by atoms with Gasteiger partial charge in [-0.25, -0.2) is 14.3 Å². The lowest BCUT2D eigenvalue weighted by molar-refractivity contribution is 0.0528. The summed E-state index contributed by atoms with van der Waals surface area (Å²) in [4.78, 5) is 18.8. The second kappa shape index (κ2) is 4.70. The summed E-state index contributed by atoms with van der Waals surface area (Å²) < 4.78 is 12.2. The Hall–Kier alpha value is -2.15. The Kier molecular flexibility index (Phi) is 2.81. The maximum absolute atomic E-state index is 11.9. The number of anilines is 1. The number of nitrogens with zero attached hydrogens (tertiary/aromatic N) is 4. The van der Waals surface area contributed by atoms with Gasteiger partial charge in [0, 0.05) is 12.7 Å². The largest absolute Gasteiger partial charge is 0.462 e. The van der Waals surface area contributed by atoms with E-state index in [4.69, 9.17) is 9.47 Å². The number of esters is 1. The molecule has 0 aromatic carbocycles. The summed E-state index contributed by atoms with van der Waals surface area (Å²) in [6.45, 7) is 3.73. The van der Waals surface area contributed by atoms with Crippen LogP contribution in [0.15, 0.2) is 18.5 Å². The van der Waals surface area contributed by atoms with Crippen molar-refractivity contribution in [3.8, 4) is 0 Å². The van der Waals surface area contributed by atoms with Gasteiger partial charge in [0.1, 0.15) is 11.4 Å². The van der Waals surface area contributed by atoms with Crippen LogP contribution in [0.3, 0.4) is 0 Å². The molecule has 2 aromatic heterocycles. The Morgan fingerprint density at radius 1 is 1.57 bits per heavy atom. The summed E-state index contributed by atoms with van der Waals surface area (Å²) in [5, 5.41) is 4.15. The summed E-state index contributed by atoms with van der Waals surface area (Å²) in [6.07, 6.45) is 4.69. The first-order valence-electron chi connectivity index (χ1n) is 7.16. The summed E-state index contributed by atoms with van der Waals surface area (Å²) in [5.41, 5.74) is 0.939. The molecule has 2 fully saturated rings. The number of aromatic nitrogens is 3. The molecule has 2 bridgehead atoms. The normalized spacial score (nSPS) is 24.0. The van der Waals surface area contributed by atoms with Gasteiger partial charge in [-0.1, -0.05) is 0 Å². The minimum absolute atomic E-state index is 0.308. The third-order valence-corrected chi connectivity index (χ3v) is 4.04. The van der Waals surface area contributed by atoms with E-state index in [1.165, 1.54) is 6.20 Å². The highest BCUT2D eigenvalue weighted by molar-refractivity contribution is 5.95. The van der Waals surface area contributed by atoms with Crippen molar-refractivity contribution < 1.29 is 14.3 Å². The molecule has 21 heavy (non-hydrogen) atoms. The van der Waals surface area contributed by atoms with Crippen LogP contribution in [0.4, 0.5) is 5.82 Å². The molecule has 0 N–H and O–H groups in total. The number of morpholine rings is 1. The molecule has 7 heteroatoms. The van der Waals surface area contributed by atoms with Crippen molar-refractivity contribution in [3.05, 3.63) is 24.0 Å². The molecular weight excluding hydrogens is 272 g/mol. The molecule has 4 rings (SSSR count). The first kappa shape index (κ1) is 12.6. The molecule has 2 atom stereocenters. The van der Waals surface area contributed by atoms with Crippen LogP contribution in [-0.2, 0) is 9.47 Å². The number of hydrogen-bond acceptors (Lipinski definition) is 6. The monoisotopic (exact) mass is 288 g/mol. The quantitative estimate of drug-likeness (QED) is 0.781. The fraction of sp³-hybridized carbons (Fsp3) is 0.500. The Labute approximate surface area is 121 Å². The van der Waals surface area contributed by atoms with E-state index in [1.807, 2.05) is 12.3 Å². The fourth-order valence-electron chi connectivity index (χ4n) is 3.05. The van der Waals surface area contributed by atoms with Gasteiger partial charge in [0.25, 0.3) is 0 Å². The van der Waals surface area contributed by atoms with Gasteiger partial charge >= 0.3 is 5.97 Å². The first-order chi connectivity index (χ1) is 10.3. The van der Waals surface area contributed by atoms with E-state index in [-0.39, 0.29) is 5.97 Å². The smallest absolute Gasteiger partial charge is 0.343 e. The van der Waals surface area contributed by atoms with Crippen LogP contribution in [0.5, 0.6) is 0 Å². The highest BCUT2D eigenvalue weighted by Gasteiger charge is 2.39. The van der Waals surface area contributed by atoms with Crippen molar-refractivity contribution in [3.63, 3.8) is 0 Å². The highest BCUT2D eigenvalue weighted by Crippen LogP contribution is 2.31. The predicted molar refractivity (Wildman–Crippen MR) is 74.4 cm³/mol. The zero-order valence-electron chi connectivity index (χ0n) is 11.7. The SMILES string of the molecule is CCOC(=O)c1cnn2ccc(N3CC4CC3CO4)nc12. The van der Waals surface area contributed by atoms with Crippen molar-refractivity contribution in [2.75, 3.05) is 24.7 Å². The maximum Gasteiger partial charge on any atom is 0.343 e. The van der Waals surface area contributed by atoms with Gasteiger partial charge in [-0.05, 0) is 19.4 Å². The summed E-state index contributed by atoms with van der Waals surface area (Å²) in [7, 11) is 0. The molecule has 0 saturated carbocycles. The molecule has 2 aromatic rings. The lowest BCUT2D eigenvalue weighted by atomic mass is 10.2. The Morgan fingerprint density at radius 3 is 3.19 bits per heavy atom. The summed E-state index contributed by atoms with van der Waals surface area (Å²) >= 11 is 0. The number of ether oxygens (including phenoxy) is 2. The van der Waals surface area contributed by atoms with Crippen molar-refractivity contribution in [1.29, 1.82) is 0 Å². The average molecular weight is 288 g/mol. The van der Waals surface area contributed by atoms with Crippen molar-refractivity contribution in [2.45, 2.75) is 25.5 Å². The molecule has 0 radical (unpaired) electrons. The van der Waals surface area contributed by atoms with E-state index in [0.717, 1.165) is 25.4 Å². The molecule has 7 nitrogen and oxygen atoms in total. The second-order valence-corrected chi connectivity index (χ2v) is 5.33. The van der Waals surface area contributed by atoms with Gasteiger partial charge in [0.15, 0.2) is 5.65 Å². The maximum atomic E-state index is 11.9. The van der Waals surface area contributed by atoms with Crippen LogP contribution >= 0.6 is 0 Å². The molecule has 0 spiro atoms. The Morgan fingerprint density at radius 2 is 2.48 bits per heavy atom. The van der Waals surface area contributed by atoms with Crippen LogP contribution in [0, 0.1) is 0 Å². The van der Waals surface area contributed by atoms with E-state index >= 15 is 0 Å². The molecule has 4 heterocycles. The zero-order chi connectivity index (χ0) is 14.4. The molecule has 2 aliphatic heterocycles. The highest BCUT2D eigenvalue weighted by atomic mass is 16.5. The topological polar surface area (TPSA) is 69.0 Å². The minimum atomic E-state index is -0.386. The molecule has 0 aliphatic carbocycles. The van der Waals surface area contributed by atoms with Gasteiger partial charge in [-0.2, -0.15) is 5.10 Å². The summed E-state index contributed by atoms with van der Waals surface area (Å²) in [6, 6.07) is 2.31. The fourth-order valence-corrected chi connectivity index (χ4v) is 3.05. The van der Waals surface area contributed by atoms with Crippen LogP contribution < -0.4 is 4.90 Å². The van der Waals surface area contributed by atoms with Crippen LogP contribution in [0.25, 0.3) is 5.65 Å². The molecule has 2 unspecified atom stereocenters. The van der Waals surface area contributed by atoms with Gasteiger partial charge in [0.2, 0.25) is 0 Å². The molecular formula is C14H16N4O3.